The maximum absolute atomic E-state index is 13.1. The Labute approximate surface area is 226 Å². The largest absolute Gasteiger partial charge is 0.458 e. The molecule has 4 rings (SSSR count). The fourth-order valence-electron chi connectivity index (χ4n) is 7.66. The highest BCUT2D eigenvalue weighted by atomic mass is 19.4. The van der Waals surface area contributed by atoms with Crippen LogP contribution in [0.15, 0.2) is 47.6 Å². The van der Waals surface area contributed by atoms with E-state index in [1.54, 1.807) is 0 Å². The van der Waals surface area contributed by atoms with Gasteiger partial charge in [0.05, 0.1) is 0 Å². The van der Waals surface area contributed by atoms with E-state index in [1.165, 1.54) is 12.5 Å². The van der Waals surface area contributed by atoms with Gasteiger partial charge in [-0.1, -0.05) is 37.3 Å². The van der Waals surface area contributed by atoms with Crippen molar-refractivity contribution in [3.63, 3.8) is 0 Å². The van der Waals surface area contributed by atoms with Crippen molar-refractivity contribution in [3.8, 4) is 0 Å². The van der Waals surface area contributed by atoms with Crippen LogP contribution in [0.3, 0.4) is 0 Å². The van der Waals surface area contributed by atoms with E-state index < -0.39 is 18.0 Å². The normalized spacial score (nSPS) is 33.6. The Morgan fingerprint density at radius 1 is 1.03 bits per heavy atom. The molecule has 0 amide bonds. The highest BCUT2D eigenvalue weighted by Gasteiger charge is 2.69. The first-order valence-electron chi connectivity index (χ1n) is 13.8. The number of carbonyl (C=O) groups excluding carboxylic acids is 1. The molecule has 0 heterocycles. The second-order valence-electron chi connectivity index (χ2n) is 12.2. The van der Waals surface area contributed by atoms with Crippen molar-refractivity contribution >= 4 is 5.97 Å². The minimum Gasteiger partial charge on any atom is -0.458 e. The molecule has 4 saturated carbocycles. The van der Waals surface area contributed by atoms with Crippen molar-refractivity contribution in [2.24, 2.45) is 22.7 Å². The van der Waals surface area contributed by atoms with Crippen LogP contribution < -0.4 is 0 Å². The van der Waals surface area contributed by atoms with Gasteiger partial charge in [-0.15, -0.1) is 0 Å². The van der Waals surface area contributed by atoms with Crippen molar-refractivity contribution in [3.05, 3.63) is 47.6 Å². The summed E-state index contributed by atoms with van der Waals surface area (Å²) < 4.78 is 84.1. The monoisotopic (exact) mass is 560 g/mol. The zero-order valence-corrected chi connectivity index (χ0v) is 22.6. The van der Waals surface area contributed by atoms with Crippen LogP contribution in [0.2, 0.25) is 0 Å². The minimum atomic E-state index is -5.84. The summed E-state index contributed by atoms with van der Waals surface area (Å²) in [6, 6.07) is 0. The molecule has 1 N–H and O–H groups in total. The van der Waals surface area contributed by atoms with Gasteiger partial charge in [-0.05, 0) is 111 Å². The second-order valence-corrected chi connectivity index (χ2v) is 12.2. The van der Waals surface area contributed by atoms with Crippen molar-refractivity contribution in [1.29, 1.82) is 0 Å². The molecule has 0 aliphatic heterocycles. The first-order chi connectivity index (χ1) is 18.0. The Bertz CT molecular complexity index is 1050. The van der Waals surface area contributed by atoms with Gasteiger partial charge in [0.2, 0.25) is 0 Å². The topological polar surface area (TPSA) is 46.5 Å². The predicted molar refractivity (Wildman–Crippen MR) is 135 cm³/mol. The molecule has 4 atom stereocenters. The van der Waals surface area contributed by atoms with Gasteiger partial charge in [-0.2, -0.15) is 26.3 Å². The summed E-state index contributed by atoms with van der Waals surface area (Å²) in [7, 11) is 0. The van der Waals surface area contributed by atoms with Crippen LogP contribution in [-0.2, 0) is 9.53 Å². The molecule has 4 unspecified atom stereocenters. The van der Waals surface area contributed by atoms with E-state index in [0.29, 0.717) is 5.92 Å². The number of alkyl halides is 6. The lowest BCUT2D eigenvalue weighted by Crippen LogP contribution is -2.55. The van der Waals surface area contributed by atoms with Gasteiger partial charge in [0.25, 0.3) is 5.60 Å². The van der Waals surface area contributed by atoms with Crippen LogP contribution in [0.1, 0.15) is 84.5 Å². The van der Waals surface area contributed by atoms with Crippen molar-refractivity contribution < 1.29 is 41.0 Å². The van der Waals surface area contributed by atoms with E-state index >= 15 is 0 Å². The highest BCUT2D eigenvalue weighted by molar-refractivity contribution is 5.66. The van der Waals surface area contributed by atoms with Crippen LogP contribution in [0.5, 0.6) is 0 Å². The molecular weight excluding hydrogens is 522 g/mol. The van der Waals surface area contributed by atoms with Gasteiger partial charge in [-0.25, -0.2) is 0 Å². The van der Waals surface area contributed by atoms with Crippen LogP contribution >= 0.6 is 0 Å². The number of hydrogen-bond donors (Lipinski definition) is 1. The van der Waals surface area contributed by atoms with Crippen LogP contribution in [0.4, 0.5) is 26.3 Å². The molecule has 0 aromatic rings. The average molecular weight is 561 g/mol. The van der Waals surface area contributed by atoms with Crippen molar-refractivity contribution in [2.75, 3.05) is 0 Å². The number of rotatable bonds is 6. The Morgan fingerprint density at radius 2 is 1.69 bits per heavy atom. The standard InChI is InChI=1S/C30H38F6O3/c1-19-21(7-4-9-24(19)39-20(2)37)10-11-22-8-5-14-26(3)23(22)12-13-25(26)27(17-18-27)15-6-16-28(38,29(31,32)33)30(34,35)36/h6,10-11,16,23-25,38H,1,4-5,7-9,12-15,17-18H2,2-3H3/b16-6+,21-10-,22-11+. The molecule has 4 aliphatic rings. The summed E-state index contributed by atoms with van der Waals surface area (Å²) in [6.07, 6.45) is 1.95. The Hall–Kier alpha value is -2.03. The molecule has 0 saturated heterocycles. The van der Waals surface area contributed by atoms with Gasteiger partial charge < -0.3 is 9.84 Å². The number of esters is 1. The second kappa shape index (κ2) is 10.4. The van der Waals surface area contributed by atoms with E-state index in [9.17, 15) is 36.2 Å². The summed E-state index contributed by atoms with van der Waals surface area (Å²) in [5.74, 6) is 0.169. The third kappa shape index (κ3) is 5.62. The Morgan fingerprint density at radius 3 is 2.28 bits per heavy atom. The molecule has 3 nitrogen and oxygen atoms in total. The SMILES string of the molecule is C=C1/C(=C\C=C2/CCCC3(C)C2CCC3C2(C/C=C/C(O)(C(F)(F)F)C(F)(F)F)CC2)CCCC1OC(C)=O. The molecule has 0 spiro atoms. The number of fused-ring (bicyclic) bond motifs is 1. The molecule has 0 bridgehead atoms. The van der Waals surface area contributed by atoms with E-state index in [2.05, 4.69) is 25.7 Å². The molecule has 0 radical (unpaired) electrons. The number of halogens is 6. The fourth-order valence-corrected chi connectivity index (χ4v) is 7.66. The maximum Gasteiger partial charge on any atom is 0.429 e. The minimum absolute atomic E-state index is 0.0822. The van der Waals surface area contributed by atoms with Crippen molar-refractivity contribution in [1.82, 2.24) is 0 Å². The van der Waals surface area contributed by atoms with Crippen LogP contribution in [0.25, 0.3) is 0 Å². The highest BCUT2D eigenvalue weighted by Crippen LogP contribution is 2.70. The lowest BCUT2D eigenvalue weighted by Gasteiger charge is -2.45. The number of ether oxygens (including phenoxy) is 1. The summed E-state index contributed by atoms with van der Waals surface area (Å²) in [5, 5.41) is 9.50. The number of carbonyl (C=O) groups is 1. The van der Waals surface area contributed by atoms with Gasteiger partial charge >= 0.3 is 18.3 Å². The number of allylic oxidation sites excluding steroid dienone is 4. The maximum atomic E-state index is 13.1. The third-order valence-electron chi connectivity index (χ3n) is 9.86. The molecule has 0 aromatic carbocycles. The van der Waals surface area contributed by atoms with E-state index in [-0.39, 0.29) is 41.3 Å². The fraction of sp³-hybridized carbons (Fsp3) is 0.700. The summed E-state index contributed by atoms with van der Waals surface area (Å²) in [5.41, 5.74) is -2.01. The molecular formula is C30H38F6O3. The first-order valence-corrected chi connectivity index (χ1v) is 13.8. The van der Waals surface area contributed by atoms with E-state index in [1.807, 2.05) is 0 Å². The zero-order chi connectivity index (χ0) is 28.9. The summed E-state index contributed by atoms with van der Waals surface area (Å²) in [4.78, 5) is 11.4. The molecule has 39 heavy (non-hydrogen) atoms. The number of hydrogen-bond acceptors (Lipinski definition) is 3. The first kappa shape index (κ1) is 29.9. The Kier molecular flexibility index (Phi) is 8.00. The average Bonchev–Trinajstić information content (AvgIpc) is 3.50. The molecule has 4 aliphatic carbocycles. The molecule has 0 aromatic heterocycles. The smallest absolute Gasteiger partial charge is 0.429 e. The van der Waals surface area contributed by atoms with Gasteiger partial charge in [0.15, 0.2) is 0 Å². The van der Waals surface area contributed by atoms with Gasteiger partial charge in [0.1, 0.15) is 6.10 Å². The molecule has 9 heteroatoms. The van der Waals surface area contributed by atoms with E-state index in [4.69, 9.17) is 4.74 Å². The number of aliphatic hydroxyl groups is 1. The van der Waals surface area contributed by atoms with Gasteiger partial charge in [0, 0.05) is 6.92 Å². The lowest BCUT2D eigenvalue weighted by molar-refractivity contribution is -0.347. The lowest BCUT2D eigenvalue weighted by atomic mass is 9.59. The van der Waals surface area contributed by atoms with E-state index in [0.717, 1.165) is 81.4 Å². The zero-order valence-electron chi connectivity index (χ0n) is 22.6. The van der Waals surface area contributed by atoms with Crippen molar-refractivity contribution in [2.45, 2.75) is 109 Å². The molecule has 218 valence electrons. The third-order valence-corrected chi connectivity index (χ3v) is 9.86. The predicted octanol–water partition coefficient (Wildman–Crippen LogP) is 8.31. The van der Waals surface area contributed by atoms with Crippen LogP contribution in [-0.4, -0.2) is 35.1 Å². The molecule has 4 fully saturated rings. The van der Waals surface area contributed by atoms with Crippen LogP contribution in [0, 0.1) is 22.7 Å². The summed E-state index contributed by atoms with van der Waals surface area (Å²) >= 11 is 0. The quantitative estimate of drug-likeness (QED) is 0.202. The summed E-state index contributed by atoms with van der Waals surface area (Å²) in [6.45, 7) is 7.79. The van der Waals surface area contributed by atoms with Gasteiger partial charge in [-0.3, -0.25) is 4.79 Å². The Balaban J connectivity index is 1.50.